The summed E-state index contributed by atoms with van der Waals surface area (Å²) >= 11 is 5.89. The Bertz CT molecular complexity index is 1380. The number of aryl methyl sites for hydroxylation is 1. The summed E-state index contributed by atoms with van der Waals surface area (Å²) in [6, 6.07) is 8.65. The molecular formula is C19H19ClN6O5S. The van der Waals surface area contributed by atoms with E-state index in [9.17, 15) is 22.8 Å². The van der Waals surface area contributed by atoms with Crippen molar-refractivity contribution >= 4 is 27.5 Å². The molecule has 1 saturated heterocycles. The number of H-pyrrole nitrogens is 3. The van der Waals surface area contributed by atoms with Crippen LogP contribution in [0.1, 0.15) is 16.2 Å². The quantitative estimate of drug-likeness (QED) is 0.498. The van der Waals surface area contributed by atoms with E-state index in [4.69, 9.17) is 11.6 Å². The average molecular weight is 479 g/mol. The second-order valence-corrected chi connectivity index (χ2v) is 9.54. The van der Waals surface area contributed by atoms with Gasteiger partial charge in [-0.05, 0) is 25.1 Å². The Balaban J connectivity index is 1.47. The lowest BCUT2D eigenvalue weighted by atomic mass is 10.1. The molecule has 1 fully saturated rings. The number of piperazine rings is 1. The molecule has 0 spiro atoms. The zero-order valence-corrected chi connectivity index (χ0v) is 18.5. The van der Waals surface area contributed by atoms with E-state index < -0.39 is 26.2 Å². The normalized spacial score (nSPS) is 15.1. The number of rotatable bonds is 4. The van der Waals surface area contributed by atoms with E-state index in [1.165, 1.54) is 11.8 Å². The van der Waals surface area contributed by atoms with E-state index in [-0.39, 0.29) is 43.5 Å². The van der Waals surface area contributed by atoms with Gasteiger partial charge in [-0.1, -0.05) is 23.7 Å². The molecule has 168 valence electrons. The first kappa shape index (κ1) is 22.0. The third-order valence-electron chi connectivity index (χ3n) is 5.15. The molecule has 3 N–H and O–H groups in total. The van der Waals surface area contributed by atoms with Crippen molar-refractivity contribution in [3.8, 4) is 11.3 Å². The minimum Gasteiger partial charge on any atom is -0.335 e. The van der Waals surface area contributed by atoms with E-state index >= 15 is 0 Å². The first-order chi connectivity index (χ1) is 15.2. The smallest absolute Gasteiger partial charge is 0.325 e. The Hall–Kier alpha value is -3.22. The second-order valence-electron chi connectivity index (χ2n) is 7.23. The van der Waals surface area contributed by atoms with Crippen molar-refractivity contribution in [2.24, 2.45) is 0 Å². The molecule has 1 aliphatic heterocycles. The summed E-state index contributed by atoms with van der Waals surface area (Å²) in [5.41, 5.74) is -0.138. The van der Waals surface area contributed by atoms with Crippen LogP contribution in [0.3, 0.4) is 0 Å². The Kier molecular flexibility index (Phi) is 5.75. The van der Waals surface area contributed by atoms with Gasteiger partial charge >= 0.3 is 5.69 Å². The number of carbonyl (C=O) groups is 1. The summed E-state index contributed by atoms with van der Waals surface area (Å²) in [5.74, 6) is -0.312. The molecule has 0 bridgehead atoms. The Morgan fingerprint density at radius 2 is 1.72 bits per heavy atom. The molecule has 3 aromatic rings. The van der Waals surface area contributed by atoms with E-state index in [1.54, 1.807) is 30.3 Å². The molecule has 3 heterocycles. The molecule has 2 aromatic heterocycles. The van der Waals surface area contributed by atoms with Gasteiger partial charge in [0.05, 0.1) is 5.69 Å². The van der Waals surface area contributed by atoms with Gasteiger partial charge in [0.25, 0.3) is 11.5 Å². The van der Waals surface area contributed by atoms with E-state index in [0.717, 1.165) is 9.87 Å². The van der Waals surface area contributed by atoms with Crippen molar-refractivity contribution in [2.75, 3.05) is 26.2 Å². The van der Waals surface area contributed by atoms with Crippen LogP contribution in [0.5, 0.6) is 0 Å². The van der Waals surface area contributed by atoms with Crippen molar-refractivity contribution in [1.29, 1.82) is 0 Å². The maximum Gasteiger partial charge on any atom is 0.325 e. The van der Waals surface area contributed by atoms with Crippen LogP contribution in [0.25, 0.3) is 11.3 Å². The standard InChI is InChI=1S/C19H19ClN6O5S/c1-11-16(17(27)22-19(29)21-11)32(30,31)26-8-6-25(7-9-26)18(28)15-10-14(23-24-15)12-2-4-13(20)5-3-12/h2-5,10H,6-9H2,1H3,(H,23,24)(H2,21,22,27,29). The van der Waals surface area contributed by atoms with Gasteiger partial charge in [-0.3, -0.25) is 19.7 Å². The molecule has 11 nitrogen and oxygen atoms in total. The number of amides is 1. The van der Waals surface area contributed by atoms with Crippen molar-refractivity contribution in [1.82, 2.24) is 29.4 Å². The fourth-order valence-corrected chi connectivity index (χ4v) is 5.28. The lowest BCUT2D eigenvalue weighted by molar-refractivity contribution is 0.0692. The number of benzene rings is 1. The first-order valence-electron chi connectivity index (χ1n) is 9.61. The number of aromatic nitrogens is 4. The largest absolute Gasteiger partial charge is 0.335 e. The van der Waals surface area contributed by atoms with Crippen LogP contribution < -0.4 is 11.2 Å². The monoisotopic (exact) mass is 478 g/mol. The molecule has 0 unspecified atom stereocenters. The van der Waals surface area contributed by atoms with Crippen molar-refractivity contribution in [3.63, 3.8) is 0 Å². The molecule has 4 rings (SSSR count). The molecule has 1 amide bonds. The van der Waals surface area contributed by atoms with Gasteiger partial charge in [0, 0.05) is 42.5 Å². The number of hydrogen-bond acceptors (Lipinski definition) is 6. The predicted molar refractivity (Wildman–Crippen MR) is 116 cm³/mol. The summed E-state index contributed by atoms with van der Waals surface area (Å²) < 4.78 is 27.0. The number of halogens is 1. The fraction of sp³-hybridized carbons (Fsp3) is 0.263. The van der Waals surface area contributed by atoms with Crippen molar-refractivity contribution in [2.45, 2.75) is 11.8 Å². The van der Waals surface area contributed by atoms with Gasteiger partial charge in [-0.25, -0.2) is 13.2 Å². The number of carbonyl (C=O) groups excluding carboxylic acids is 1. The fourth-order valence-electron chi connectivity index (χ4n) is 3.53. The van der Waals surface area contributed by atoms with Crippen molar-refractivity contribution < 1.29 is 13.2 Å². The lowest BCUT2D eigenvalue weighted by Crippen LogP contribution is -2.51. The zero-order valence-electron chi connectivity index (χ0n) is 16.9. The highest BCUT2D eigenvalue weighted by atomic mass is 35.5. The van der Waals surface area contributed by atoms with Crippen LogP contribution in [0.4, 0.5) is 0 Å². The highest BCUT2D eigenvalue weighted by Crippen LogP contribution is 2.21. The maximum atomic E-state index is 12.9. The average Bonchev–Trinajstić information content (AvgIpc) is 3.23. The van der Waals surface area contributed by atoms with Gasteiger partial charge in [-0.15, -0.1) is 0 Å². The highest BCUT2D eigenvalue weighted by Gasteiger charge is 2.34. The Morgan fingerprint density at radius 3 is 2.34 bits per heavy atom. The van der Waals surface area contributed by atoms with Crippen LogP contribution in [0.2, 0.25) is 5.02 Å². The van der Waals surface area contributed by atoms with Gasteiger partial charge in [-0.2, -0.15) is 9.40 Å². The summed E-state index contributed by atoms with van der Waals surface area (Å²) in [6.07, 6.45) is 0. The van der Waals surface area contributed by atoms with Crippen molar-refractivity contribution in [3.05, 3.63) is 67.6 Å². The summed E-state index contributed by atoms with van der Waals surface area (Å²) in [6.45, 7) is 1.62. The first-order valence-corrected chi connectivity index (χ1v) is 11.4. The van der Waals surface area contributed by atoms with E-state index in [0.29, 0.717) is 10.7 Å². The lowest BCUT2D eigenvalue weighted by Gasteiger charge is -2.33. The minimum atomic E-state index is -4.14. The number of sulfonamides is 1. The molecule has 0 aliphatic carbocycles. The molecule has 0 radical (unpaired) electrons. The molecule has 0 atom stereocenters. The van der Waals surface area contributed by atoms with Gasteiger partial charge < -0.3 is 9.88 Å². The number of nitrogens with zero attached hydrogens (tertiary/aromatic N) is 3. The van der Waals surface area contributed by atoms with Crippen LogP contribution >= 0.6 is 11.6 Å². The van der Waals surface area contributed by atoms with Gasteiger partial charge in [0.2, 0.25) is 10.0 Å². The molecule has 32 heavy (non-hydrogen) atoms. The zero-order chi connectivity index (χ0) is 23.0. The third-order valence-corrected chi connectivity index (χ3v) is 7.45. The van der Waals surface area contributed by atoms with Crippen LogP contribution in [0.15, 0.2) is 44.8 Å². The minimum absolute atomic E-state index is 0.00422. The molecule has 13 heteroatoms. The predicted octanol–water partition coefficient (Wildman–Crippen LogP) is 0.562. The topological polar surface area (TPSA) is 152 Å². The number of nitrogens with one attached hydrogen (secondary N) is 3. The molecular weight excluding hydrogens is 460 g/mol. The summed E-state index contributed by atoms with van der Waals surface area (Å²) in [7, 11) is -4.14. The third kappa shape index (κ3) is 4.11. The maximum absolute atomic E-state index is 12.9. The van der Waals surface area contributed by atoms with E-state index in [1.807, 2.05) is 4.98 Å². The molecule has 1 aromatic carbocycles. The molecule has 1 aliphatic rings. The van der Waals surface area contributed by atoms with Gasteiger partial charge in [0.15, 0.2) is 4.90 Å². The summed E-state index contributed by atoms with van der Waals surface area (Å²) in [5, 5.41) is 7.47. The Labute approximate surface area is 187 Å². The van der Waals surface area contributed by atoms with Crippen LogP contribution in [-0.4, -0.2) is 69.9 Å². The molecule has 0 saturated carbocycles. The number of aromatic amines is 3. The van der Waals surface area contributed by atoms with Crippen LogP contribution in [-0.2, 0) is 10.0 Å². The van der Waals surface area contributed by atoms with Crippen LogP contribution in [0, 0.1) is 6.92 Å². The second kappa shape index (κ2) is 8.37. The highest BCUT2D eigenvalue weighted by molar-refractivity contribution is 7.89. The Morgan fingerprint density at radius 1 is 1.06 bits per heavy atom. The SMILES string of the molecule is Cc1[nH]c(=O)[nH]c(=O)c1S(=O)(=O)N1CCN(C(=O)c2cc(-c3ccc(Cl)cc3)n[nH]2)CC1. The number of hydrogen-bond donors (Lipinski definition) is 3. The van der Waals surface area contributed by atoms with E-state index in [2.05, 4.69) is 15.2 Å². The van der Waals surface area contributed by atoms with Gasteiger partial charge in [0.1, 0.15) is 5.69 Å². The summed E-state index contributed by atoms with van der Waals surface area (Å²) in [4.78, 5) is 41.5.